The second-order valence-corrected chi connectivity index (χ2v) is 5.06. The highest BCUT2D eigenvalue weighted by Gasteiger charge is 2.37. The maximum atomic E-state index is 5.73. The van der Waals surface area contributed by atoms with Gasteiger partial charge in [0.25, 0.3) is 0 Å². The van der Waals surface area contributed by atoms with Crippen molar-refractivity contribution in [2.45, 2.75) is 57.1 Å². The summed E-state index contributed by atoms with van der Waals surface area (Å²) in [6.07, 6.45) is 11.6. The third-order valence-corrected chi connectivity index (χ3v) is 3.84. The summed E-state index contributed by atoms with van der Waals surface area (Å²) in [7, 11) is 1.81. The van der Waals surface area contributed by atoms with Gasteiger partial charge in [0, 0.05) is 7.11 Å². The van der Waals surface area contributed by atoms with Gasteiger partial charge in [-0.05, 0) is 44.4 Å². The Hall–Kier alpha value is -0.380. The van der Waals surface area contributed by atoms with Gasteiger partial charge in [-0.2, -0.15) is 0 Å². The van der Waals surface area contributed by atoms with Crippen molar-refractivity contribution in [3.05, 3.63) is 11.6 Å². The van der Waals surface area contributed by atoms with Gasteiger partial charge < -0.3 is 4.74 Å². The van der Waals surface area contributed by atoms with Crippen LogP contribution >= 0.6 is 0 Å². The summed E-state index contributed by atoms with van der Waals surface area (Å²) in [5.74, 6) is 6.44. The summed E-state index contributed by atoms with van der Waals surface area (Å²) >= 11 is 0. The molecule has 3 nitrogen and oxygen atoms in total. The van der Waals surface area contributed by atoms with Crippen molar-refractivity contribution in [1.29, 1.82) is 0 Å². The van der Waals surface area contributed by atoms with Gasteiger partial charge in [0.1, 0.15) is 0 Å². The molecule has 3 heteroatoms. The van der Waals surface area contributed by atoms with E-state index in [9.17, 15) is 0 Å². The first-order valence-corrected chi connectivity index (χ1v) is 6.54. The number of hydrogen-bond donors (Lipinski definition) is 2. The molecule has 0 heterocycles. The first-order valence-electron chi connectivity index (χ1n) is 6.54. The molecule has 0 spiro atoms. The minimum absolute atomic E-state index is 0.232. The van der Waals surface area contributed by atoms with Crippen molar-refractivity contribution in [1.82, 2.24) is 5.43 Å². The molecule has 0 saturated heterocycles. The molecule has 2 rings (SSSR count). The Morgan fingerprint density at radius 2 is 2.19 bits per heavy atom. The first-order chi connectivity index (χ1) is 7.86. The summed E-state index contributed by atoms with van der Waals surface area (Å²) < 4.78 is 5.64. The molecule has 0 aromatic heterocycles. The van der Waals surface area contributed by atoms with E-state index in [0.717, 1.165) is 5.92 Å². The summed E-state index contributed by atoms with van der Waals surface area (Å²) in [5.41, 5.74) is 4.45. The molecule has 3 N–H and O–H groups in total. The van der Waals surface area contributed by atoms with Gasteiger partial charge in [-0.15, -0.1) is 0 Å². The van der Waals surface area contributed by atoms with E-state index in [1.807, 2.05) is 7.11 Å². The van der Waals surface area contributed by atoms with Gasteiger partial charge in [-0.3, -0.25) is 11.3 Å². The lowest BCUT2D eigenvalue weighted by Crippen LogP contribution is -2.47. The lowest BCUT2D eigenvalue weighted by Gasteiger charge is -2.27. The third kappa shape index (κ3) is 2.84. The molecule has 2 atom stereocenters. The molecule has 92 valence electrons. The lowest BCUT2D eigenvalue weighted by molar-refractivity contribution is 0.0603. The van der Waals surface area contributed by atoms with Gasteiger partial charge in [0.15, 0.2) is 0 Å². The fourth-order valence-electron chi connectivity index (χ4n) is 2.76. The number of rotatable bonds is 5. The van der Waals surface area contributed by atoms with Crippen molar-refractivity contribution in [2.75, 3.05) is 7.11 Å². The minimum atomic E-state index is 0.232. The van der Waals surface area contributed by atoms with Gasteiger partial charge in [0.05, 0.1) is 12.1 Å². The summed E-state index contributed by atoms with van der Waals surface area (Å²) in [6.45, 7) is 0. The van der Waals surface area contributed by atoms with E-state index < -0.39 is 0 Å². The van der Waals surface area contributed by atoms with Crippen LogP contribution in [0.5, 0.6) is 0 Å². The number of hydrogen-bond acceptors (Lipinski definition) is 3. The molecule has 0 bridgehead atoms. The van der Waals surface area contributed by atoms with Crippen LogP contribution in [0.3, 0.4) is 0 Å². The lowest BCUT2D eigenvalue weighted by atomic mass is 9.95. The van der Waals surface area contributed by atoms with Crippen LogP contribution in [0.2, 0.25) is 0 Å². The Kier molecular flexibility index (Phi) is 4.38. The Bertz CT molecular complexity index is 248. The Balaban J connectivity index is 2.03. The molecule has 0 aromatic rings. The quantitative estimate of drug-likeness (QED) is 0.427. The van der Waals surface area contributed by atoms with E-state index in [-0.39, 0.29) is 12.1 Å². The summed E-state index contributed by atoms with van der Waals surface area (Å²) in [5, 5.41) is 0. The molecule has 1 saturated carbocycles. The number of hydrazine groups is 1. The molecule has 0 amide bonds. The molecule has 0 radical (unpaired) electrons. The van der Waals surface area contributed by atoms with E-state index in [1.54, 1.807) is 0 Å². The van der Waals surface area contributed by atoms with Gasteiger partial charge in [0.2, 0.25) is 0 Å². The maximum absolute atomic E-state index is 5.73. The third-order valence-electron chi connectivity index (χ3n) is 3.84. The van der Waals surface area contributed by atoms with Crippen LogP contribution in [-0.4, -0.2) is 19.3 Å². The number of nitrogens with one attached hydrogen (secondary N) is 1. The molecule has 1 fully saturated rings. The zero-order valence-electron chi connectivity index (χ0n) is 10.2. The average molecular weight is 224 g/mol. The highest BCUT2D eigenvalue weighted by Crippen LogP contribution is 2.37. The standard InChI is InChI=1S/C13H24N2O/c1-16-13(11-8-9-11)12(15-14)10-6-4-2-3-5-7-10/h6,11-13,15H,2-5,7-9,14H2,1H3. The van der Waals surface area contributed by atoms with Crippen LogP contribution in [0.15, 0.2) is 11.6 Å². The molecule has 0 aliphatic heterocycles. The first kappa shape index (κ1) is 12.1. The number of methoxy groups -OCH3 is 1. The summed E-state index contributed by atoms with van der Waals surface area (Å²) in [6, 6.07) is 0.232. The molecule has 2 aliphatic rings. The van der Waals surface area contributed by atoms with Crippen LogP contribution < -0.4 is 11.3 Å². The number of nitrogens with two attached hydrogens (primary N) is 1. The highest BCUT2D eigenvalue weighted by molar-refractivity contribution is 5.16. The van der Waals surface area contributed by atoms with Crippen molar-refractivity contribution in [2.24, 2.45) is 11.8 Å². The van der Waals surface area contributed by atoms with Crippen molar-refractivity contribution in [3.63, 3.8) is 0 Å². The zero-order valence-corrected chi connectivity index (χ0v) is 10.2. The fourth-order valence-corrected chi connectivity index (χ4v) is 2.76. The van der Waals surface area contributed by atoms with Crippen molar-refractivity contribution < 1.29 is 4.74 Å². The van der Waals surface area contributed by atoms with Crippen LogP contribution in [0.4, 0.5) is 0 Å². The van der Waals surface area contributed by atoms with E-state index in [0.29, 0.717) is 0 Å². The molecule has 2 unspecified atom stereocenters. The molecule has 0 aromatic carbocycles. The van der Waals surface area contributed by atoms with Crippen LogP contribution in [0, 0.1) is 5.92 Å². The van der Waals surface area contributed by atoms with E-state index in [2.05, 4.69) is 11.5 Å². The number of ether oxygens (including phenoxy) is 1. The highest BCUT2D eigenvalue weighted by atomic mass is 16.5. The largest absolute Gasteiger partial charge is 0.379 e. The smallest absolute Gasteiger partial charge is 0.0803 e. The van der Waals surface area contributed by atoms with Crippen molar-refractivity contribution in [3.8, 4) is 0 Å². The van der Waals surface area contributed by atoms with Gasteiger partial charge >= 0.3 is 0 Å². The predicted molar refractivity (Wildman–Crippen MR) is 65.8 cm³/mol. The summed E-state index contributed by atoms with van der Waals surface area (Å²) in [4.78, 5) is 0. The Morgan fingerprint density at radius 1 is 1.38 bits per heavy atom. The topological polar surface area (TPSA) is 47.3 Å². The molecular weight excluding hydrogens is 200 g/mol. The minimum Gasteiger partial charge on any atom is -0.379 e. The van der Waals surface area contributed by atoms with Crippen LogP contribution in [0.25, 0.3) is 0 Å². The van der Waals surface area contributed by atoms with Crippen molar-refractivity contribution >= 4 is 0 Å². The van der Waals surface area contributed by atoms with Gasteiger partial charge in [-0.1, -0.05) is 18.1 Å². The fraction of sp³-hybridized carbons (Fsp3) is 0.846. The normalized spacial score (nSPS) is 25.8. The second kappa shape index (κ2) is 5.80. The Labute approximate surface area is 98.4 Å². The molecule has 2 aliphatic carbocycles. The van der Waals surface area contributed by atoms with Gasteiger partial charge in [-0.25, -0.2) is 0 Å². The molecular formula is C13H24N2O. The zero-order chi connectivity index (χ0) is 11.4. The van der Waals surface area contributed by atoms with E-state index in [1.165, 1.54) is 50.5 Å². The van der Waals surface area contributed by atoms with Crippen LogP contribution in [-0.2, 0) is 4.74 Å². The Morgan fingerprint density at radius 3 is 2.81 bits per heavy atom. The average Bonchev–Trinajstić information content (AvgIpc) is 3.11. The predicted octanol–water partition coefficient (Wildman–Crippen LogP) is 2.13. The SMILES string of the molecule is COC(C1CC1)C(NN)C1=CCCCCC1. The van der Waals surface area contributed by atoms with E-state index >= 15 is 0 Å². The molecule has 16 heavy (non-hydrogen) atoms. The maximum Gasteiger partial charge on any atom is 0.0803 e. The monoisotopic (exact) mass is 224 g/mol. The number of allylic oxidation sites excluding steroid dienone is 1. The van der Waals surface area contributed by atoms with E-state index in [4.69, 9.17) is 10.6 Å². The second-order valence-electron chi connectivity index (χ2n) is 5.06. The van der Waals surface area contributed by atoms with Crippen LogP contribution in [0.1, 0.15) is 44.9 Å².